The van der Waals surface area contributed by atoms with Crippen LogP contribution in [0.1, 0.15) is 51.4 Å². The van der Waals surface area contributed by atoms with Gasteiger partial charge in [-0.15, -0.1) is 0 Å². The smallest absolute Gasteiger partial charge is 0.0799 e. The van der Waals surface area contributed by atoms with Gasteiger partial charge in [0.2, 0.25) is 0 Å². The fourth-order valence-corrected chi connectivity index (χ4v) is 2.18. The Kier molecular flexibility index (Phi) is 6.28. The van der Waals surface area contributed by atoms with Gasteiger partial charge in [-0.3, -0.25) is 0 Å². The molecule has 16 heavy (non-hydrogen) atoms. The van der Waals surface area contributed by atoms with E-state index < -0.39 is 24.4 Å². The molecule has 0 aromatic carbocycles. The summed E-state index contributed by atoms with van der Waals surface area (Å²) in [4.78, 5) is 0. The van der Waals surface area contributed by atoms with Crippen LogP contribution in [0.5, 0.6) is 0 Å². The van der Waals surface area contributed by atoms with Crippen molar-refractivity contribution >= 4 is 0 Å². The average Bonchev–Trinajstić information content (AvgIpc) is 2.28. The molecule has 0 bridgehead atoms. The molecule has 0 aromatic heterocycles. The first kappa shape index (κ1) is 13.9. The molecule has 2 fully saturated rings. The monoisotopic (exact) mass is 232 g/mol. The van der Waals surface area contributed by atoms with Gasteiger partial charge in [-0.2, -0.15) is 0 Å². The van der Waals surface area contributed by atoms with Crippen LogP contribution < -0.4 is 0 Å². The number of rotatable bonds is 0. The molecule has 0 heterocycles. The summed E-state index contributed by atoms with van der Waals surface area (Å²) in [5.74, 6) is 0. The van der Waals surface area contributed by atoms with E-state index in [1.165, 1.54) is 0 Å². The molecule has 4 unspecified atom stereocenters. The van der Waals surface area contributed by atoms with E-state index in [-0.39, 0.29) is 0 Å². The molecule has 4 atom stereocenters. The lowest BCUT2D eigenvalue weighted by molar-refractivity contribution is -0.00865. The maximum Gasteiger partial charge on any atom is 0.0799 e. The minimum absolute atomic E-state index is 0.441. The first-order chi connectivity index (χ1) is 7.61. The van der Waals surface area contributed by atoms with Crippen molar-refractivity contribution in [2.45, 2.75) is 75.8 Å². The van der Waals surface area contributed by atoms with Crippen LogP contribution in [0.15, 0.2) is 0 Å². The molecule has 2 aliphatic carbocycles. The fraction of sp³-hybridized carbons (Fsp3) is 1.00. The summed E-state index contributed by atoms with van der Waals surface area (Å²) < 4.78 is 0. The highest BCUT2D eigenvalue weighted by Crippen LogP contribution is 2.18. The molecule has 0 spiro atoms. The molecule has 4 nitrogen and oxygen atoms in total. The number of hydrogen-bond acceptors (Lipinski definition) is 4. The summed E-state index contributed by atoms with van der Waals surface area (Å²) in [5.41, 5.74) is 0. The minimum atomic E-state index is -0.441. The zero-order valence-electron chi connectivity index (χ0n) is 9.76. The molecule has 0 aliphatic heterocycles. The van der Waals surface area contributed by atoms with Crippen molar-refractivity contribution in [1.29, 1.82) is 0 Å². The Bertz CT molecular complexity index is 146. The standard InChI is InChI=1S/2C6H12O2/c2*7-5-3-1-2-4-6(5)8/h2*5-8H,1-4H2. The summed E-state index contributed by atoms with van der Waals surface area (Å²) in [7, 11) is 0. The average molecular weight is 232 g/mol. The summed E-state index contributed by atoms with van der Waals surface area (Å²) in [6.07, 6.45) is 5.62. The predicted octanol–water partition coefficient (Wildman–Crippen LogP) is 0.564. The van der Waals surface area contributed by atoms with E-state index in [0.29, 0.717) is 0 Å². The van der Waals surface area contributed by atoms with Gasteiger partial charge in [0.05, 0.1) is 24.4 Å². The second-order valence-electron chi connectivity index (χ2n) is 4.84. The van der Waals surface area contributed by atoms with Crippen molar-refractivity contribution in [1.82, 2.24) is 0 Å². The Balaban J connectivity index is 0.000000160. The lowest BCUT2D eigenvalue weighted by Crippen LogP contribution is -2.28. The molecule has 0 amide bonds. The summed E-state index contributed by atoms with van der Waals surface area (Å²) in [6.45, 7) is 0. The van der Waals surface area contributed by atoms with E-state index in [1.54, 1.807) is 0 Å². The van der Waals surface area contributed by atoms with Crippen molar-refractivity contribution in [2.75, 3.05) is 0 Å². The Morgan fingerprint density at radius 3 is 0.750 bits per heavy atom. The van der Waals surface area contributed by atoms with Gasteiger partial charge < -0.3 is 20.4 Å². The molecule has 2 aliphatic rings. The van der Waals surface area contributed by atoms with Crippen molar-refractivity contribution in [2.24, 2.45) is 0 Å². The minimum Gasteiger partial charge on any atom is -0.390 e. The number of aliphatic hydroxyl groups excluding tert-OH is 4. The summed E-state index contributed by atoms with van der Waals surface area (Å²) in [6, 6.07) is 0. The van der Waals surface area contributed by atoms with E-state index in [0.717, 1.165) is 51.4 Å². The molecule has 0 saturated heterocycles. The second kappa shape index (κ2) is 7.22. The predicted molar refractivity (Wildman–Crippen MR) is 61.0 cm³/mol. The molecule has 4 N–H and O–H groups in total. The third-order valence-electron chi connectivity index (χ3n) is 3.39. The van der Waals surface area contributed by atoms with Crippen LogP contribution in [0.2, 0.25) is 0 Å². The fourth-order valence-electron chi connectivity index (χ4n) is 2.18. The van der Waals surface area contributed by atoms with Gasteiger partial charge >= 0.3 is 0 Å². The van der Waals surface area contributed by atoms with Crippen LogP contribution in [-0.2, 0) is 0 Å². The van der Waals surface area contributed by atoms with Gasteiger partial charge in [-0.25, -0.2) is 0 Å². The molecular weight excluding hydrogens is 208 g/mol. The zero-order valence-corrected chi connectivity index (χ0v) is 9.76. The zero-order chi connectivity index (χ0) is 12.0. The third kappa shape index (κ3) is 4.78. The lowest BCUT2D eigenvalue weighted by atomic mass is 9.95. The van der Waals surface area contributed by atoms with Gasteiger partial charge in [0.1, 0.15) is 0 Å². The van der Waals surface area contributed by atoms with Crippen molar-refractivity contribution < 1.29 is 20.4 Å². The maximum absolute atomic E-state index is 8.93. The third-order valence-corrected chi connectivity index (χ3v) is 3.39. The molecule has 0 aromatic rings. The van der Waals surface area contributed by atoms with Crippen molar-refractivity contribution in [3.05, 3.63) is 0 Å². The van der Waals surface area contributed by atoms with Crippen molar-refractivity contribution in [3.8, 4) is 0 Å². The quantitative estimate of drug-likeness (QED) is 0.492. The molecule has 0 radical (unpaired) electrons. The summed E-state index contributed by atoms with van der Waals surface area (Å²) in [5, 5.41) is 35.7. The molecule has 2 rings (SSSR count). The first-order valence-corrected chi connectivity index (χ1v) is 6.33. The van der Waals surface area contributed by atoms with Gasteiger partial charge in [0.25, 0.3) is 0 Å². The Morgan fingerprint density at radius 1 is 0.438 bits per heavy atom. The first-order valence-electron chi connectivity index (χ1n) is 6.33. The van der Waals surface area contributed by atoms with Crippen LogP contribution in [-0.4, -0.2) is 44.8 Å². The lowest BCUT2D eigenvalue weighted by Gasteiger charge is -2.22. The van der Waals surface area contributed by atoms with E-state index in [9.17, 15) is 0 Å². The molecule has 96 valence electrons. The van der Waals surface area contributed by atoms with Crippen LogP contribution in [0.25, 0.3) is 0 Å². The highest BCUT2D eigenvalue weighted by atomic mass is 16.3. The van der Waals surface area contributed by atoms with Gasteiger partial charge in [-0.1, -0.05) is 25.7 Å². The Labute approximate surface area is 96.9 Å². The summed E-state index contributed by atoms with van der Waals surface area (Å²) >= 11 is 0. The molecule has 2 saturated carbocycles. The topological polar surface area (TPSA) is 80.9 Å². The van der Waals surface area contributed by atoms with Gasteiger partial charge in [0, 0.05) is 0 Å². The number of aliphatic hydroxyl groups is 4. The molecular formula is C12H24O4. The van der Waals surface area contributed by atoms with E-state index in [4.69, 9.17) is 20.4 Å². The Morgan fingerprint density at radius 2 is 0.625 bits per heavy atom. The van der Waals surface area contributed by atoms with Crippen LogP contribution in [0.3, 0.4) is 0 Å². The van der Waals surface area contributed by atoms with Gasteiger partial charge in [-0.05, 0) is 25.7 Å². The SMILES string of the molecule is OC1CCCCC1O.OC1CCCCC1O. The highest BCUT2D eigenvalue weighted by molar-refractivity contribution is 4.72. The van der Waals surface area contributed by atoms with Crippen LogP contribution in [0.4, 0.5) is 0 Å². The van der Waals surface area contributed by atoms with E-state index >= 15 is 0 Å². The van der Waals surface area contributed by atoms with E-state index in [2.05, 4.69) is 0 Å². The maximum atomic E-state index is 8.93. The number of hydrogen-bond donors (Lipinski definition) is 4. The molecule has 4 heteroatoms. The van der Waals surface area contributed by atoms with E-state index in [1.807, 2.05) is 0 Å². The van der Waals surface area contributed by atoms with Crippen LogP contribution in [0, 0.1) is 0 Å². The Hall–Kier alpha value is -0.160. The largest absolute Gasteiger partial charge is 0.390 e. The van der Waals surface area contributed by atoms with Gasteiger partial charge in [0.15, 0.2) is 0 Å². The highest BCUT2D eigenvalue weighted by Gasteiger charge is 2.19. The van der Waals surface area contributed by atoms with Crippen molar-refractivity contribution in [3.63, 3.8) is 0 Å². The van der Waals surface area contributed by atoms with Crippen LogP contribution >= 0.6 is 0 Å². The normalized spacial score (nSPS) is 39.8. The second-order valence-corrected chi connectivity index (χ2v) is 4.84.